The zero-order valence-corrected chi connectivity index (χ0v) is 12.6. The molecule has 0 aliphatic carbocycles. The van der Waals surface area contributed by atoms with Crippen LogP contribution in [0.4, 0.5) is 0 Å². The van der Waals surface area contributed by atoms with E-state index in [1.165, 1.54) is 16.7 Å². The summed E-state index contributed by atoms with van der Waals surface area (Å²) in [5.41, 5.74) is 1.64. The van der Waals surface area contributed by atoms with Gasteiger partial charge in [-0.2, -0.15) is 0 Å². The van der Waals surface area contributed by atoms with Crippen LogP contribution in [0, 0.1) is 0 Å². The molecule has 1 atom stereocenters. The molecule has 6 heteroatoms. The fourth-order valence-electron chi connectivity index (χ4n) is 1.93. The topological polar surface area (TPSA) is 69.6 Å². The SMILES string of the molecule is CC(O)CNC(=O)CN1C(=O)CSC=C1c1ccccc1. The maximum absolute atomic E-state index is 12.1. The number of nitrogens with one attached hydrogen (secondary N) is 1. The van der Waals surface area contributed by atoms with Crippen LogP contribution in [-0.2, 0) is 9.59 Å². The second-order valence-corrected chi connectivity index (χ2v) is 5.67. The van der Waals surface area contributed by atoms with Crippen LogP contribution < -0.4 is 5.32 Å². The minimum atomic E-state index is -0.606. The second-order valence-electron chi connectivity index (χ2n) is 4.81. The van der Waals surface area contributed by atoms with Crippen molar-refractivity contribution in [2.75, 3.05) is 18.8 Å². The van der Waals surface area contributed by atoms with E-state index in [1.807, 2.05) is 35.7 Å². The Morgan fingerprint density at radius 1 is 1.43 bits per heavy atom. The lowest BCUT2D eigenvalue weighted by Crippen LogP contribution is -2.43. The Morgan fingerprint density at radius 3 is 2.81 bits per heavy atom. The normalized spacial score (nSPS) is 16.4. The summed E-state index contributed by atoms with van der Waals surface area (Å²) in [5.74, 6) is -0.0356. The third-order valence-electron chi connectivity index (χ3n) is 2.96. The lowest BCUT2D eigenvalue weighted by molar-refractivity contribution is -0.131. The number of rotatable bonds is 5. The molecule has 0 fully saturated rings. The lowest BCUT2D eigenvalue weighted by Gasteiger charge is -2.28. The molecule has 21 heavy (non-hydrogen) atoms. The first-order valence-electron chi connectivity index (χ1n) is 6.70. The van der Waals surface area contributed by atoms with Gasteiger partial charge in [0.1, 0.15) is 6.54 Å². The number of aliphatic hydroxyl groups is 1. The summed E-state index contributed by atoms with van der Waals surface area (Å²) < 4.78 is 0. The smallest absolute Gasteiger partial charge is 0.240 e. The number of carbonyl (C=O) groups is 2. The highest BCUT2D eigenvalue weighted by Gasteiger charge is 2.25. The Bertz CT molecular complexity index is 543. The van der Waals surface area contributed by atoms with Gasteiger partial charge in [0.05, 0.1) is 17.6 Å². The van der Waals surface area contributed by atoms with E-state index < -0.39 is 6.10 Å². The number of aliphatic hydroxyl groups excluding tert-OH is 1. The molecule has 0 radical (unpaired) electrons. The Labute approximate surface area is 128 Å². The van der Waals surface area contributed by atoms with E-state index in [9.17, 15) is 14.7 Å². The average Bonchev–Trinajstić information content (AvgIpc) is 2.48. The number of amides is 2. The Kier molecular flexibility index (Phi) is 5.41. The Morgan fingerprint density at radius 2 is 2.14 bits per heavy atom. The van der Waals surface area contributed by atoms with Crippen LogP contribution in [-0.4, -0.2) is 46.8 Å². The van der Waals surface area contributed by atoms with Crippen molar-refractivity contribution < 1.29 is 14.7 Å². The Balaban J connectivity index is 2.11. The fraction of sp³-hybridized carbons (Fsp3) is 0.333. The second kappa shape index (κ2) is 7.28. The highest BCUT2D eigenvalue weighted by Crippen LogP contribution is 2.27. The monoisotopic (exact) mass is 306 g/mol. The molecular formula is C15H18N2O3S. The van der Waals surface area contributed by atoms with Gasteiger partial charge in [-0.3, -0.25) is 9.59 Å². The van der Waals surface area contributed by atoms with Gasteiger partial charge in [0, 0.05) is 6.54 Å². The molecule has 0 aromatic heterocycles. The van der Waals surface area contributed by atoms with Gasteiger partial charge in [-0.05, 0) is 17.9 Å². The van der Waals surface area contributed by atoms with Crippen LogP contribution >= 0.6 is 11.8 Å². The molecule has 2 rings (SSSR count). The van der Waals surface area contributed by atoms with Crippen LogP contribution in [0.3, 0.4) is 0 Å². The molecule has 0 saturated heterocycles. The molecule has 2 amide bonds. The van der Waals surface area contributed by atoms with E-state index in [0.29, 0.717) is 5.75 Å². The minimum Gasteiger partial charge on any atom is -0.392 e. The van der Waals surface area contributed by atoms with Gasteiger partial charge in [-0.15, -0.1) is 11.8 Å². The molecule has 0 bridgehead atoms. The molecule has 1 aromatic carbocycles. The molecular weight excluding hydrogens is 288 g/mol. The summed E-state index contributed by atoms with van der Waals surface area (Å²) >= 11 is 1.43. The van der Waals surface area contributed by atoms with Crippen molar-refractivity contribution in [1.29, 1.82) is 0 Å². The third kappa shape index (κ3) is 4.34. The molecule has 112 valence electrons. The van der Waals surface area contributed by atoms with E-state index in [0.717, 1.165) is 11.3 Å². The number of nitrogens with zero attached hydrogens (tertiary/aromatic N) is 1. The Hall–Kier alpha value is -1.79. The summed E-state index contributed by atoms with van der Waals surface area (Å²) in [4.78, 5) is 25.5. The molecule has 5 nitrogen and oxygen atoms in total. The van der Waals surface area contributed by atoms with E-state index in [1.54, 1.807) is 6.92 Å². The number of hydrogen-bond donors (Lipinski definition) is 2. The van der Waals surface area contributed by atoms with E-state index >= 15 is 0 Å². The molecule has 0 spiro atoms. The molecule has 1 aromatic rings. The molecule has 2 N–H and O–H groups in total. The van der Waals surface area contributed by atoms with Crippen LogP contribution in [0.2, 0.25) is 0 Å². The first kappa shape index (κ1) is 15.6. The first-order valence-corrected chi connectivity index (χ1v) is 7.75. The zero-order valence-electron chi connectivity index (χ0n) is 11.8. The molecule has 1 aliphatic heterocycles. The van der Waals surface area contributed by atoms with Gasteiger partial charge in [0.25, 0.3) is 0 Å². The van der Waals surface area contributed by atoms with Crippen LogP contribution in [0.25, 0.3) is 5.70 Å². The predicted molar refractivity (Wildman–Crippen MR) is 83.3 cm³/mol. The van der Waals surface area contributed by atoms with Crippen LogP contribution in [0.1, 0.15) is 12.5 Å². The third-order valence-corrected chi connectivity index (χ3v) is 3.76. The number of benzene rings is 1. The maximum Gasteiger partial charge on any atom is 0.240 e. The highest BCUT2D eigenvalue weighted by atomic mass is 32.2. The van der Waals surface area contributed by atoms with Crippen LogP contribution in [0.5, 0.6) is 0 Å². The first-order chi connectivity index (χ1) is 10.1. The molecule has 1 aliphatic rings. The summed E-state index contributed by atoms with van der Waals surface area (Å²) in [5, 5.41) is 13.7. The highest BCUT2D eigenvalue weighted by molar-refractivity contribution is 8.03. The van der Waals surface area contributed by atoms with Gasteiger partial charge >= 0.3 is 0 Å². The van der Waals surface area contributed by atoms with Crippen molar-refractivity contribution in [1.82, 2.24) is 10.2 Å². The van der Waals surface area contributed by atoms with Crippen molar-refractivity contribution in [3.8, 4) is 0 Å². The quantitative estimate of drug-likeness (QED) is 0.853. The predicted octanol–water partition coefficient (Wildman–Crippen LogP) is 1.06. The van der Waals surface area contributed by atoms with Crippen molar-refractivity contribution in [3.63, 3.8) is 0 Å². The van der Waals surface area contributed by atoms with Crippen molar-refractivity contribution in [3.05, 3.63) is 41.3 Å². The van der Waals surface area contributed by atoms with E-state index in [2.05, 4.69) is 5.32 Å². The van der Waals surface area contributed by atoms with Crippen molar-refractivity contribution in [2.45, 2.75) is 13.0 Å². The summed E-state index contributed by atoms with van der Waals surface area (Å²) in [6, 6.07) is 9.51. The molecule has 0 saturated carbocycles. The zero-order chi connectivity index (χ0) is 15.2. The minimum absolute atomic E-state index is 0.0349. The standard InChI is InChI=1S/C15H18N2O3S/c1-11(18)7-16-14(19)8-17-13(9-21-10-15(17)20)12-5-3-2-4-6-12/h2-6,9,11,18H,7-8,10H2,1H3,(H,16,19). The number of carbonyl (C=O) groups excluding carboxylic acids is 2. The fourth-order valence-corrected chi connectivity index (χ4v) is 2.74. The van der Waals surface area contributed by atoms with Gasteiger partial charge in [-0.1, -0.05) is 30.3 Å². The van der Waals surface area contributed by atoms with Gasteiger partial charge in [-0.25, -0.2) is 0 Å². The summed E-state index contributed by atoms with van der Waals surface area (Å²) in [6.45, 7) is 1.74. The average molecular weight is 306 g/mol. The maximum atomic E-state index is 12.1. The van der Waals surface area contributed by atoms with Gasteiger partial charge < -0.3 is 15.3 Å². The van der Waals surface area contributed by atoms with Crippen molar-refractivity contribution in [2.24, 2.45) is 0 Å². The summed E-state index contributed by atoms with van der Waals surface area (Å²) in [7, 11) is 0. The van der Waals surface area contributed by atoms with Gasteiger partial charge in [0.15, 0.2) is 0 Å². The largest absolute Gasteiger partial charge is 0.392 e. The number of hydrogen-bond acceptors (Lipinski definition) is 4. The van der Waals surface area contributed by atoms with E-state index in [-0.39, 0.29) is 24.9 Å². The summed E-state index contributed by atoms with van der Waals surface area (Å²) in [6.07, 6.45) is -0.606. The van der Waals surface area contributed by atoms with Crippen LogP contribution in [0.15, 0.2) is 35.7 Å². The van der Waals surface area contributed by atoms with Crippen molar-refractivity contribution >= 4 is 29.3 Å². The molecule has 1 heterocycles. The number of thioether (sulfide) groups is 1. The lowest BCUT2D eigenvalue weighted by atomic mass is 10.1. The molecule has 1 unspecified atom stereocenters. The van der Waals surface area contributed by atoms with E-state index in [4.69, 9.17) is 0 Å². The van der Waals surface area contributed by atoms with Gasteiger partial charge in [0.2, 0.25) is 11.8 Å².